The van der Waals surface area contributed by atoms with Crippen molar-refractivity contribution in [3.05, 3.63) is 48.2 Å². The molecule has 0 bridgehead atoms. The number of aryl methyl sites for hydroxylation is 1. The maximum absolute atomic E-state index is 12.1. The van der Waals surface area contributed by atoms with Crippen LogP contribution < -0.4 is 10.2 Å². The third-order valence-corrected chi connectivity index (χ3v) is 5.09. The van der Waals surface area contributed by atoms with E-state index < -0.39 is 0 Å². The molecule has 0 spiro atoms. The van der Waals surface area contributed by atoms with Crippen molar-refractivity contribution in [3.63, 3.8) is 0 Å². The lowest BCUT2D eigenvalue weighted by Crippen LogP contribution is -2.19. The second-order valence-electron chi connectivity index (χ2n) is 5.70. The van der Waals surface area contributed by atoms with Crippen LogP contribution in [0.25, 0.3) is 0 Å². The number of carbonyl (C=O) groups excluding carboxylic acids is 1. The molecule has 0 aliphatic carbocycles. The van der Waals surface area contributed by atoms with Crippen LogP contribution in [0.1, 0.15) is 18.4 Å². The number of thioether (sulfide) groups is 1. The highest BCUT2D eigenvalue weighted by atomic mass is 32.2. The molecule has 1 saturated heterocycles. The van der Waals surface area contributed by atoms with Crippen LogP contribution in [0, 0.1) is 6.92 Å². The standard InChI is InChI=1S/C18H21N3OS/c1-14-6-2-3-7-16(14)23-13-18(22)20-15-8-9-17(19-12-15)21-10-4-5-11-21/h2-3,6-9,12H,4-5,10-11,13H2,1H3,(H,20,22). The zero-order valence-electron chi connectivity index (χ0n) is 13.3. The molecule has 1 aliphatic heterocycles. The van der Waals surface area contributed by atoms with Gasteiger partial charge in [-0.1, -0.05) is 18.2 Å². The molecule has 0 saturated carbocycles. The summed E-state index contributed by atoms with van der Waals surface area (Å²) in [6.45, 7) is 4.21. The minimum Gasteiger partial charge on any atom is -0.357 e. The van der Waals surface area contributed by atoms with Crippen LogP contribution in [0.15, 0.2) is 47.5 Å². The van der Waals surface area contributed by atoms with Gasteiger partial charge in [0.25, 0.3) is 0 Å². The molecule has 1 aliphatic rings. The maximum Gasteiger partial charge on any atom is 0.234 e. The lowest BCUT2D eigenvalue weighted by Gasteiger charge is -2.16. The lowest BCUT2D eigenvalue weighted by molar-refractivity contribution is -0.113. The molecule has 0 radical (unpaired) electrons. The minimum atomic E-state index is -0.00558. The van der Waals surface area contributed by atoms with Gasteiger partial charge in [0.05, 0.1) is 17.6 Å². The minimum absolute atomic E-state index is 0.00558. The van der Waals surface area contributed by atoms with Crippen LogP contribution >= 0.6 is 11.8 Å². The van der Waals surface area contributed by atoms with E-state index in [-0.39, 0.29) is 5.91 Å². The summed E-state index contributed by atoms with van der Waals surface area (Å²) < 4.78 is 0. The molecular weight excluding hydrogens is 306 g/mol. The Bertz CT molecular complexity index is 666. The molecule has 4 nitrogen and oxygen atoms in total. The number of aromatic nitrogens is 1. The molecule has 5 heteroatoms. The highest BCUT2D eigenvalue weighted by molar-refractivity contribution is 8.00. The van der Waals surface area contributed by atoms with Gasteiger partial charge >= 0.3 is 0 Å². The molecule has 1 N–H and O–H groups in total. The van der Waals surface area contributed by atoms with Gasteiger partial charge in [-0.15, -0.1) is 11.8 Å². The van der Waals surface area contributed by atoms with Gasteiger partial charge in [0.15, 0.2) is 0 Å². The first kappa shape index (κ1) is 15.9. The summed E-state index contributed by atoms with van der Waals surface area (Å²) in [6, 6.07) is 12.0. The first-order chi connectivity index (χ1) is 11.2. The number of carbonyl (C=O) groups is 1. The van der Waals surface area contributed by atoms with E-state index in [0.717, 1.165) is 29.5 Å². The summed E-state index contributed by atoms with van der Waals surface area (Å²) in [4.78, 5) is 19.9. The molecule has 1 amide bonds. The van der Waals surface area contributed by atoms with Crippen molar-refractivity contribution in [1.82, 2.24) is 4.98 Å². The second kappa shape index (κ2) is 7.51. The van der Waals surface area contributed by atoms with Crippen LogP contribution in [-0.2, 0) is 4.79 Å². The van der Waals surface area contributed by atoms with Crippen LogP contribution in [0.2, 0.25) is 0 Å². The van der Waals surface area contributed by atoms with E-state index in [1.807, 2.05) is 30.3 Å². The number of hydrogen-bond acceptors (Lipinski definition) is 4. The molecule has 3 rings (SSSR count). The third kappa shape index (κ3) is 4.26. The van der Waals surface area contributed by atoms with E-state index >= 15 is 0 Å². The topological polar surface area (TPSA) is 45.2 Å². The Morgan fingerprint density at radius 1 is 1.22 bits per heavy atom. The number of pyridine rings is 1. The van der Waals surface area contributed by atoms with Crippen LogP contribution in [0.3, 0.4) is 0 Å². The van der Waals surface area contributed by atoms with Gasteiger partial charge in [0, 0.05) is 18.0 Å². The number of benzene rings is 1. The van der Waals surface area contributed by atoms with Crippen molar-refractivity contribution >= 4 is 29.2 Å². The molecule has 1 aromatic heterocycles. The average Bonchev–Trinajstić information content (AvgIpc) is 3.09. The number of nitrogens with zero attached hydrogens (tertiary/aromatic N) is 2. The monoisotopic (exact) mass is 327 g/mol. The Kier molecular flexibility index (Phi) is 5.18. The quantitative estimate of drug-likeness (QED) is 0.850. The maximum atomic E-state index is 12.1. The normalized spacial score (nSPS) is 14.0. The number of rotatable bonds is 5. The average molecular weight is 327 g/mol. The van der Waals surface area contributed by atoms with Crippen LogP contribution in [0.4, 0.5) is 11.5 Å². The summed E-state index contributed by atoms with van der Waals surface area (Å²) in [5.41, 5.74) is 1.95. The lowest BCUT2D eigenvalue weighted by atomic mass is 10.2. The molecule has 1 aromatic carbocycles. The van der Waals surface area contributed by atoms with E-state index in [1.54, 1.807) is 18.0 Å². The smallest absolute Gasteiger partial charge is 0.234 e. The predicted octanol–water partition coefficient (Wildman–Crippen LogP) is 3.72. The fourth-order valence-corrected chi connectivity index (χ4v) is 3.48. The highest BCUT2D eigenvalue weighted by Gasteiger charge is 2.13. The molecule has 2 heterocycles. The Morgan fingerprint density at radius 2 is 2.00 bits per heavy atom. The zero-order valence-corrected chi connectivity index (χ0v) is 14.1. The van der Waals surface area contributed by atoms with Crippen molar-refractivity contribution in [1.29, 1.82) is 0 Å². The van der Waals surface area contributed by atoms with Gasteiger partial charge in [-0.05, 0) is 43.5 Å². The molecule has 0 unspecified atom stereocenters. The second-order valence-corrected chi connectivity index (χ2v) is 6.72. The van der Waals surface area contributed by atoms with E-state index in [4.69, 9.17) is 0 Å². The SMILES string of the molecule is Cc1ccccc1SCC(=O)Nc1ccc(N2CCCC2)nc1. The predicted molar refractivity (Wildman–Crippen MR) is 96.2 cm³/mol. The van der Waals surface area contributed by atoms with Crippen molar-refractivity contribution in [2.75, 3.05) is 29.1 Å². The number of anilines is 2. The van der Waals surface area contributed by atoms with Gasteiger partial charge in [0.1, 0.15) is 5.82 Å². The number of nitrogens with one attached hydrogen (secondary N) is 1. The third-order valence-electron chi connectivity index (χ3n) is 3.91. The first-order valence-electron chi connectivity index (χ1n) is 7.92. The van der Waals surface area contributed by atoms with Gasteiger partial charge in [-0.3, -0.25) is 4.79 Å². The first-order valence-corrected chi connectivity index (χ1v) is 8.90. The van der Waals surface area contributed by atoms with E-state index in [1.165, 1.54) is 18.4 Å². The molecule has 0 atom stereocenters. The number of amides is 1. The van der Waals surface area contributed by atoms with E-state index in [0.29, 0.717) is 5.75 Å². The van der Waals surface area contributed by atoms with Gasteiger partial charge in [-0.2, -0.15) is 0 Å². The Hall–Kier alpha value is -2.01. The molecular formula is C18H21N3OS. The van der Waals surface area contributed by atoms with Crippen molar-refractivity contribution in [2.24, 2.45) is 0 Å². The summed E-state index contributed by atoms with van der Waals surface area (Å²) in [7, 11) is 0. The fourth-order valence-electron chi connectivity index (χ4n) is 2.65. The van der Waals surface area contributed by atoms with Crippen molar-refractivity contribution < 1.29 is 4.79 Å². The fraction of sp³-hybridized carbons (Fsp3) is 0.333. The Balaban J connectivity index is 1.52. The summed E-state index contributed by atoms with van der Waals surface area (Å²) in [5.74, 6) is 1.39. The van der Waals surface area contributed by atoms with Crippen molar-refractivity contribution in [2.45, 2.75) is 24.7 Å². The highest BCUT2D eigenvalue weighted by Crippen LogP contribution is 2.22. The molecule has 2 aromatic rings. The molecule has 23 heavy (non-hydrogen) atoms. The number of hydrogen-bond donors (Lipinski definition) is 1. The molecule has 1 fully saturated rings. The Labute approximate surface area is 141 Å². The van der Waals surface area contributed by atoms with Gasteiger partial charge in [0.2, 0.25) is 5.91 Å². The Morgan fingerprint density at radius 3 is 2.70 bits per heavy atom. The van der Waals surface area contributed by atoms with Gasteiger partial charge < -0.3 is 10.2 Å². The van der Waals surface area contributed by atoms with E-state index in [2.05, 4.69) is 28.2 Å². The van der Waals surface area contributed by atoms with Gasteiger partial charge in [-0.25, -0.2) is 4.98 Å². The largest absolute Gasteiger partial charge is 0.357 e. The van der Waals surface area contributed by atoms with Crippen LogP contribution in [0.5, 0.6) is 0 Å². The van der Waals surface area contributed by atoms with E-state index in [9.17, 15) is 4.79 Å². The summed E-state index contributed by atoms with van der Waals surface area (Å²) in [5, 5.41) is 2.91. The zero-order chi connectivity index (χ0) is 16.1. The summed E-state index contributed by atoms with van der Waals surface area (Å²) >= 11 is 1.56. The van der Waals surface area contributed by atoms with Crippen molar-refractivity contribution in [3.8, 4) is 0 Å². The summed E-state index contributed by atoms with van der Waals surface area (Å²) in [6.07, 6.45) is 4.20. The van der Waals surface area contributed by atoms with Crippen LogP contribution in [-0.4, -0.2) is 29.7 Å². The molecule has 120 valence electrons.